The van der Waals surface area contributed by atoms with Crippen LogP contribution in [0.1, 0.15) is 59.3 Å². The molecule has 0 aromatic rings. The topological polar surface area (TPSA) is 12.0 Å². The molecule has 1 saturated carbocycles. The summed E-state index contributed by atoms with van der Waals surface area (Å²) in [5.74, 6) is -0.990. The van der Waals surface area contributed by atoms with Gasteiger partial charge >= 0.3 is 0 Å². The molecule has 0 amide bonds. The highest BCUT2D eigenvalue weighted by atomic mass is 19.3. The van der Waals surface area contributed by atoms with Crippen molar-refractivity contribution in [3.8, 4) is 0 Å². The largest absolute Gasteiger partial charge is 0.317 e. The van der Waals surface area contributed by atoms with E-state index in [1.807, 2.05) is 7.05 Å². The van der Waals surface area contributed by atoms with Crippen LogP contribution in [-0.4, -0.2) is 19.0 Å². The Labute approximate surface area is 111 Å². The number of rotatable bonds is 6. The molecule has 0 heterocycles. The number of nitrogens with one attached hydrogen (secondary N) is 1. The van der Waals surface area contributed by atoms with Crippen LogP contribution in [0.5, 0.6) is 0 Å². The minimum atomic E-state index is -2.43. The van der Waals surface area contributed by atoms with Gasteiger partial charge in [-0.3, -0.25) is 0 Å². The van der Waals surface area contributed by atoms with E-state index >= 15 is 0 Å². The zero-order chi connectivity index (χ0) is 13.8. The molecule has 3 unspecified atom stereocenters. The molecule has 0 radical (unpaired) electrons. The molecule has 108 valence electrons. The van der Waals surface area contributed by atoms with E-state index in [0.29, 0.717) is 18.3 Å². The van der Waals surface area contributed by atoms with Gasteiger partial charge in [0.1, 0.15) is 0 Å². The fraction of sp³-hybridized carbons (Fsp3) is 1.00. The van der Waals surface area contributed by atoms with Crippen molar-refractivity contribution in [1.82, 2.24) is 5.32 Å². The highest BCUT2D eigenvalue weighted by Crippen LogP contribution is 2.39. The van der Waals surface area contributed by atoms with Gasteiger partial charge in [0.2, 0.25) is 5.92 Å². The summed E-state index contributed by atoms with van der Waals surface area (Å²) in [7, 11) is 1.92. The molecule has 18 heavy (non-hydrogen) atoms. The Balaban J connectivity index is 2.49. The van der Waals surface area contributed by atoms with Crippen molar-refractivity contribution < 1.29 is 8.78 Å². The Morgan fingerprint density at radius 1 is 1.22 bits per heavy atom. The van der Waals surface area contributed by atoms with E-state index in [1.54, 1.807) is 0 Å². The Hall–Kier alpha value is -0.180. The molecule has 1 aliphatic rings. The van der Waals surface area contributed by atoms with Gasteiger partial charge in [-0.15, -0.1) is 0 Å². The lowest BCUT2D eigenvalue weighted by molar-refractivity contribution is -0.0589. The normalized spacial score (nSPS) is 27.2. The van der Waals surface area contributed by atoms with E-state index in [9.17, 15) is 8.78 Å². The van der Waals surface area contributed by atoms with E-state index < -0.39 is 5.92 Å². The Morgan fingerprint density at radius 3 is 2.39 bits per heavy atom. The quantitative estimate of drug-likeness (QED) is 0.743. The lowest BCUT2D eigenvalue weighted by atomic mass is 9.78. The van der Waals surface area contributed by atoms with Crippen molar-refractivity contribution in [2.24, 2.45) is 17.8 Å². The zero-order valence-corrected chi connectivity index (χ0v) is 12.3. The highest BCUT2D eigenvalue weighted by Gasteiger charge is 2.39. The molecule has 1 rings (SSSR count). The summed E-state index contributed by atoms with van der Waals surface area (Å²) < 4.78 is 26.9. The molecule has 1 fully saturated rings. The summed E-state index contributed by atoms with van der Waals surface area (Å²) in [5.41, 5.74) is 0. The first-order valence-corrected chi connectivity index (χ1v) is 7.39. The molecule has 0 aromatic carbocycles. The van der Waals surface area contributed by atoms with Crippen LogP contribution in [0.2, 0.25) is 0 Å². The molecule has 1 nitrogen and oxygen atoms in total. The van der Waals surface area contributed by atoms with Gasteiger partial charge in [-0.2, -0.15) is 0 Å². The standard InChI is InChI=1S/C15H29F2N/c1-11(2)8-12(3)9-14(18-4)13-6-5-7-15(16,17)10-13/h11-14,18H,5-10H2,1-4H3. The number of halogens is 2. The summed E-state index contributed by atoms with van der Waals surface area (Å²) in [6.45, 7) is 6.69. The molecule has 0 spiro atoms. The molecule has 3 atom stereocenters. The lowest BCUT2D eigenvalue weighted by Gasteiger charge is -2.35. The van der Waals surface area contributed by atoms with Gasteiger partial charge in [0.25, 0.3) is 0 Å². The predicted molar refractivity (Wildman–Crippen MR) is 73.0 cm³/mol. The van der Waals surface area contributed by atoms with Crippen LogP contribution in [0.15, 0.2) is 0 Å². The molecule has 0 aliphatic heterocycles. The molecule has 0 saturated heterocycles. The second-order valence-corrected chi connectivity index (χ2v) is 6.58. The fourth-order valence-electron chi connectivity index (χ4n) is 3.43. The van der Waals surface area contributed by atoms with Crippen molar-refractivity contribution >= 4 is 0 Å². The maximum absolute atomic E-state index is 13.5. The van der Waals surface area contributed by atoms with E-state index in [0.717, 1.165) is 12.8 Å². The summed E-state index contributed by atoms with van der Waals surface area (Å²) in [5, 5.41) is 3.28. The van der Waals surface area contributed by atoms with E-state index in [4.69, 9.17) is 0 Å². The third kappa shape index (κ3) is 5.21. The second-order valence-electron chi connectivity index (χ2n) is 6.58. The van der Waals surface area contributed by atoms with E-state index in [1.165, 1.54) is 6.42 Å². The molecular weight excluding hydrogens is 232 g/mol. The Bertz CT molecular complexity index is 241. The predicted octanol–water partition coefficient (Wildman–Crippen LogP) is 4.47. The highest BCUT2D eigenvalue weighted by molar-refractivity contribution is 4.86. The third-order valence-corrected chi connectivity index (χ3v) is 4.15. The van der Waals surface area contributed by atoms with Crippen LogP contribution in [0.4, 0.5) is 8.78 Å². The molecule has 1 N–H and O–H groups in total. The van der Waals surface area contributed by atoms with Gasteiger partial charge in [-0.05, 0) is 50.5 Å². The van der Waals surface area contributed by atoms with Gasteiger partial charge in [0, 0.05) is 18.9 Å². The van der Waals surface area contributed by atoms with E-state index in [-0.39, 0.29) is 24.8 Å². The van der Waals surface area contributed by atoms with Crippen LogP contribution in [0.3, 0.4) is 0 Å². The minimum Gasteiger partial charge on any atom is -0.317 e. The number of hydrogen-bond acceptors (Lipinski definition) is 1. The Kier molecular flexibility index (Phi) is 6.03. The average Bonchev–Trinajstić information content (AvgIpc) is 2.23. The molecule has 0 bridgehead atoms. The smallest absolute Gasteiger partial charge is 0.248 e. The second kappa shape index (κ2) is 6.83. The van der Waals surface area contributed by atoms with Gasteiger partial charge in [0.05, 0.1) is 0 Å². The van der Waals surface area contributed by atoms with Crippen LogP contribution in [0.25, 0.3) is 0 Å². The van der Waals surface area contributed by atoms with Crippen LogP contribution >= 0.6 is 0 Å². The van der Waals surface area contributed by atoms with Crippen molar-refractivity contribution in [3.63, 3.8) is 0 Å². The van der Waals surface area contributed by atoms with Crippen molar-refractivity contribution in [3.05, 3.63) is 0 Å². The summed E-state index contributed by atoms with van der Waals surface area (Å²) in [6.07, 6.45) is 4.00. The first-order valence-electron chi connectivity index (χ1n) is 7.39. The first-order chi connectivity index (χ1) is 8.34. The van der Waals surface area contributed by atoms with Crippen LogP contribution < -0.4 is 5.32 Å². The summed E-state index contributed by atoms with van der Waals surface area (Å²) in [4.78, 5) is 0. The molecular formula is C15H29F2N. The summed E-state index contributed by atoms with van der Waals surface area (Å²) >= 11 is 0. The maximum atomic E-state index is 13.5. The average molecular weight is 261 g/mol. The molecule has 3 heteroatoms. The zero-order valence-electron chi connectivity index (χ0n) is 12.3. The van der Waals surface area contributed by atoms with Gasteiger partial charge in [-0.25, -0.2) is 8.78 Å². The van der Waals surface area contributed by atoms with Gasteiger partial charge < -0.3 is 5.32 Å². The van der Waals surface area contributed by atoms with Gasteiger partial charge in [0.15, 0.2) is 0 Å². The SMILES string of the molecule is CNC(CC(C)CC(C)C)C1CCCC(F)(F)C1. The van der Waals surface area contributed by atoms with Gasteiger partial charge in [-0.1, -0.05) is 20.8 Å². The number of alkyl halides is 2. The van der Waals surface area contributed by atoms with Crippen molar-refractivity contribution in [2.75, 3.05) is 7.05 Å². The lowest BCUT2D eigenvalue weighted by Crippen LogP contribution is -2.40. The molecule has 1 aliphatic carbocycles. The van der Waals surface area contributed by atoms with Crippen molar-refractivity contribution in [2.45, 2.75) is 71.3 Å². The Morgan fingerprint density at radius 2 is 1.89 bits per heavy atom. The van der Waals surface area contributed by atoms with Crippen LogP contribution in [0, 0.1) is 17.8 Å². The number of hydrogen-bond donors (Lipinski definition) is 1. The van der Waals surface area contributed by atoms with E-state index in [2.05, 4.69) is 26.1 Å². The molecule has 0 aromatic heterocycles. The third-order valence-electron chi connectivity index (χ3n) is 4.15. The monoisotopic (exact) mass is 261 g/mol. The maximum Gasteiger partial charge on any atom is 0.248 e. The minimum absolute atomic E-state index is 0.0763. The van der Waals surface area contributed by atoms with Crippen molar-refractivity contribution in [1.29, 1.82) is 0 Å². The van der Waals surface area contributed by atoms with Crippen LogP contribution in [-0.2, 0) is 0 Å². The fourth-order valence-corrected chi connectivity index (χ4v) is 3.43. The first kappa shape index (κ1) is 15.9. The summed E-state index contributed by atoms with van der Waals surface area (Å²) in [6, 6.07) is 0.255.